The Morgan fingerprint density at radius 1 is 1.24 bits per heavy atom. The Hall–Kier alpha value is -3.20. The monoisotopic (exact) mass is 506 g/mol. The van der Waals surface area contributed by atoms with Crippen molar-refractivity contribution < 1.29 is 13.9 Å². The molecule has 2 fully saturated rings. The van der Waals surface area contributed by atoms with E-state index in [4.69, 9.17) is 9.47 Å². The van der Waals surface area contributed by atoms with E-state index in [0.29, 0.717) is 39.5 Å². The molecule has 4 aromatic heterocycles. The molecule has 8 nitrogen and oxygen atoms in total. The summed E-state index contributed by atoms with van der Waals surface area (Å²) in [5.74, 6) is 1.61. The third-order valence-electron chi connectivity index (χ3n) is 8.20. The van der Waals surface area contributed by atoms with E-state index in [0.717, 1.165) is 56.0 Å². The van der Waals surface area contributed by atoms with Crippen molar-refractivity contribution in [2.75, 3.05) is 38.3 Å². The third-order valence-corrected chi connectivity index (χ3v) is 8.20. The first-order chi connectivity index (χ1) is 17.9. The van der Waals surface area contributed by atoms with Crippen molar-refractivity contribution in [2.24, 2.45) is 11.3 Å². The lowest BCUT2D eigenvalue weighted by molar-refractivity contribution is -0.108. The Morgan fingerprint density at radius 2 is 2.03 bits per heavy atom. The quantitative estimate of drug-likeness (QED) is 0.353. The maximum absolute atomic E-state index is 16.2. The van der Waals surface area contributed by atoms with E-state index in [2.05, 4.69) is 45.7 Å². The standard InChI is InChI=1S/C28H35FN6O2/c1-17(2)22-23-20(33-25(22)19-11-21(36-4)26-31-16-32-35(26)13-19)12-30-27(24(23)29)34-9-6-18(7-10-34)5-8-28(3)14-37-15-28/h11-13,16-18,33H,5-10,14-15H2,1-4H3. The minimum Gasteiger partial charge on any atom is -0.493 e. The molecule has 0 radical (unpaired) electrons. The Morgan fingerprint density at radius 3 is 2.70 bits per heavy atom. The zero-order valence-electron chi connectivity index (χ0n) is 22.1. The van der Waals surface area contributed by atoms with Gasteiger partial charge in [-0.05, 0) is 49.1 Å². The summed E-state index contributed by atoms with van der Waals surface area (Å²) in [5, 5.41) is 4.91. The molecule has 0 aliphatic carbocycles. The molecule has 2 saturated heterocycles. The van der Waals surface area contributed by atoms with Gasteiger partial charge in [0.15, 0.2) is 23.0 Å². The van der Waals surface area contributed by atoms with E-state index in [1.807, 2.05) is 12.3 Å². The van der Waals surface area contributed by atoms with Crippen LogP contribution in [-0.4, -0.2) is 58.0 Å². The predicted molar refractivity (Wildman–Crippen MR) is 142 cm³/mol. The fourth-order valence-electron chi connectivity index (χ4n) is 5.95. The molecular formula is C28H35FN6O2. The summed E-state index contributed by atoms with van der Waals surface area (Å²) in [6.07, 6.45) is 9.75. The van der Waals surface area contributed by atoms with Crippen LogP contribution in [0.25, 0.3) is 27.8 Å². The van der Waals surface area contributed by atoms with Crippen LogP contribution in [0.2, 0.25) is 0 Å². The van der Waals surface area contributed by atoms with Crippen molar-refractivity contribution in [3.63, 3.8) is 0 Å². The van der Waals surface area contributed by atoms with Gasteiger partial charge in [0.05, 0.1) is 37.7 Å². The summed E-state index contributed by atoms with van der Waals surface area (Å²) in [7, 11) is 1.61. The van der Waals surface area contributed by atoms with Crippen LogP contribution in [0, 0.1) is 17.2 Å². The topological polar surface area (TPSA) is 80.6 Å². The van der Waals surface area contributed by atoms with Crippen molar-refractivity contribution >= 4 is 22.4 Å². The number of aromatic nitrogens is 5. The number of nitrogens with one attached hydrogen (secondary N) is 1. The molecule has 2 aliphatic rings. The van der Waals surface area contributed by atoms with Gasteiger partial charge < -0.3 is 19.4 Å². The minimum atomic E-state index is -0.241. The number of ether oxygens (including phenoxy) is 2. The smallest absolute Gasteiger partial charge is 0.197 e. The Labute approximate surface area is 216 Å². The molecule has 2 aliphatic heterocycles. The van der Waals surface area contributed by atoms with Gasteiger partial charge in [-0.2, -0.15) is 5.10 Å². The highest BCUT2D eigenvalue weighted by Gasteiger charge is 2.34. The Bertz CT molecular complexity index is 1430. The van der Waals surface area contributed by atoms with Crippen molar-refractivity contribution in [3.8, 4) is 17.0 Å². The van der Waals surface area contributed by atoms with E-state index in [1.165, 1.54) is 19.2 Å². The second-order valence-corrected chi connectivity index (χ2v) is 11.4. The van der Waals surface area contributed by atoms with Crippen LogP contribution >= 0.6 is 0 Å². The molecule has 9 heteroatoms. The first kappa shape index (κ1) is 24.2. The van der Waals surface area contributed by atoms with Gasteiger partial charge in [0.1, 0.15) is 6.33 Å². The normalized spacial score (nSPS) is 18.2. The number of piperidine rings is 1. The van der Waals surface area contributed by atoms with Gasteiger partial charge in [0, 0.05) is 35.7 Å². The van der Waals surface area contributed by atoms with Gasteiger partial charge >= 0.3 is 0 Å². The van der Waals surface area contributed by atoms with Crippen LogP contribution in [0.4, 0.5) is 10.2 Å². The predicted octanol–water partition coefficient (Wildman–Crippen LogP) is 5.58. The summed E-state index contributed by atoms with van der Waals surface area (Å²) in [4.78, 5) is 14.4. The zero-order valence-corrected chi connectivity index (χ0v) is 22.1. The van der Waals surface area contributed by atoms with Crippen LogP contribution in [-0.2, 0) is 4.74 Å². The number of H-pyrrole nitrogens is 1. The highest BCUT2D eigenvalue weighted by atomic mass is 19.1. The number of hydrogen-bond acceptors (Lipinski definition) is 6. The summed E-state index contributed by atoms with van der Waals surface area (Å²) in [6.45, 7) is 9.95. The molecule has 0 spiro atoms. The summed E-state index contributed by atoms with van der Waals surface area (Å²) in [5.41, 5.74) is 4.35. The van der Waals surface area contributed by atoms with Crippen molar-refractivity contribution in [3.05, 3.63) is 36.2 Å². The van der Waals surface area contributed by atoms with Crippen molar-refractivity contribution in [1.82, 2.24) is 24.6 Å². The van der Waals surface area contributed by atoms with Crippen molar-refractivity contribution in [2.45, 2.75) is 52.4 Å². The Kier molecular flexibility index (Phi) is 6.06. The third kappa shape index (κ3) is 4.23. The van der Waals surface area contributed by atoms with E-state index in [9.17, 15) is 0 Å². The van der Waals surface area contributed by atoms with E-state index in [1.54, 1.807) is 17.8 Å². The lowest BCUT2D eigenvalue weighted by Gasteiger charge is -2.40. The maximum Gasteiger partial charge on any atom is 0.197 e. The molecule has 0 saturated carbocycles. The van der Waals surface area contributed by atoms with Gasteiger partial charge in [-0.25, -0.2) is 18.9 Å². The van der Waals surface area contributed by atoms with Crippen molar-refractivity contribution in [1.29, 1.82) is 0 Å². The molecular weight excluding hydrogens is 471 g/mol. The molecule has 0 amide bonds. The summed E-state index contributed by atoms with van der Waals surface area (Å²) < 4.78 is 28.9. The number of hydrogen-bond donors (Lipinski definition) is 1. The number of rotatable bonds is 7. The lowest BCUT2D eigenvalue weighted by Crippen LogP contribution is -2.41. The second-order valence-electron chi connectivity index (χ2n) is 11.4. The highest BCUT2D eigenvalue weighted by Crippen LogP contribution is 2.41. The molecule has 0 unspecified atom stereocenters. The van der Waals surface area contributed by atoms with Gasteiger partial charge in [0.25, 0.3) is 0 Å². The molecule has 0 aromatic carbocycles. The van der Waals surface area contributed by atoms with Gasteiger partial charge in [-0.15, -0.1) is 0 Å². The second kappa shape index (κ2) is 9.28. The molecule has 1 N–H and O–H groups in total. The summed E-state index contributed by atoms with van der Waals surface area (Å²) >= 11 is 0. The number of halogens is 1. The molecule has 0 atom stereocenters. The van der Waals surface area contributed by atoms with E-state index in [-0.39, 0.29) is 11.7 Å². The fourth-order valence-corrected chi connectivity index (χ4v) is 5.95. The van der Waals surface area contributed by atoms with Crippen LogP contribution < -0.4 is 9.64 Å². The van der Waals surface area contributed by atoms with Gasteiger partial charge in [-0.3, -0.25) is 0 Å². The average molecular weight is 507 g/mol. The van der Waals surface area contributed by atoms with E-state index >= 15 is 4.39 Å². The first-order valence-corrected chi connectivity index (χ1v) is 13.3. The van der Waals surface area contributed by atoms with Crippen LogP contribution in [0.5, 0.6) is 5.75 Å². The van der Waals surface area contributed by atoms with Crippen LogP contribution in [0.15, 0.2) is 24.8 Å². The average Bonchev–Trinajstić information content (AvgIpc) is 3.52. The number of aromatic amines is 1. The summed E-state index contributed by atoms with van der Waals surface area (Å²) in [6, 6.07) is 1.92. The van der Waals surface area contributed by atoms with E-state index < -0.39 is 0 Å². The minimum absolute atomic E-state index is 0.0912. The van der Waals surface area contributed by atoms with Crippen LogP contribution in [0.1, 0.15) is 57.9 Å². The fraction of sp³-hybridized carbons (Fsp3) is 0.536. The van der Waals surface area contributed by atoms with Crippen LogP contribution in [0.3, 0.4) is 0 Å². The molecule has 4 aromatic rings. The number of methoxy groups -OCH3 is 1. The lowest BCUT2D eigenvalue weighted by atomic mass is 9.79. The molecule has 6 heterocycles. The number of anilines is 1. The number of nitrogens with zero attached hydrogens (tertiary/aromatic N) is 5. The molecule has 37 heavy (non-hydrogen) atoms. The zero-order chi connectivity index (χ0) is 25.7. The first-order valence-electron chi connectivity index (χ1n) is 13.3. The highest BCUT2D eigenvalue weighted by molar-refractivity contribution is 5.93. The SMILES string of the molecule is COc1cc(-c2[nH]c3cnc(N4CCC(CCC5(C)COC5)CC4)c(F)c3c2C(C)C)cn2ncnc12. The largest absolute Gasteiger partial charge is 0.493 e. The van der Waals surface area contributed by atoms with Gasteiger partial charge in [-0.1, -0.05) is 20.8 Å². The number of pyridine rings is 2. The molecule has 0 bridgehead atoms. The Balaban J connectivity index is 1.31. The maximum atomic E-state index is 16.2. The number of fused-ring (bicyclic) bond motifs is 2. The molecule has 6 rings (SSSR count). The molecule has 196 valence electrons. The van der Waals surface area contributed by atoms with Gasteiger partial charge in [0.2, 0.25) is 0 Å².